The van der Waals surface area contributed by atoms with E-state index in [1.165, 1.54) is 0 Å². The summed E-state index contributed by atoms with van der Waals surface area (Å²) >= 11 is 0. The summed E-state index contributed by atoms with van der Waals surface area (Å²) in [6, 6.07) is 6.12. The largest absolute Gasteiger partial charge is 0.490 e. The van der Waals surface area contributed by atoms with E-state index >= 15 is 0 Å². The van der Waals surface area contributed by atoms with Gasteiger partial charge < -0.3 is 21.5 Å². The molecule has 0 aliphatic heterocycles. The van der Waals surface area contributed by atoms with Crippen molar-refractivity contribution in [2.24, 2.45) is 5.73 Å². The average molecular weight is 302 g/mol. The second-order valence-electron chi connectivity index (χ2n) is 3.89. The number of nitrogens with two attached hydrogens (primary N) is 2. The van der Waals surface area contributed by atoms with Crippen LogP contribution in [-0.4, -0.2) is 39.9 Å². The van der Waals surface area contributed by atoms with Crippen molar-refractivity contribution in [1.29, 1.82) is 0 Å². The zero-order valence-electron chi connectivity index (χ0n) is 10.8. The second-order valence-corrected chi connectivity index (χ2v) is 5.82. The van der Waals surface area contributed by atoms with Crippen LogP contribution in [0.1, 0.15) is 0 Å². The van der Waals surface area contributed by atoms with E-state index in [9.17, 15) is 13.2 Å². The molecule has 20 heavy (non-hydrogen) atoms. The van der Waals surface area contributed by atoms with Gasteiger partial charge in [0.1, 0.15) is 12.4 Å². The molecule has 0 aliphatic rings. The van der Waals surface area contributed by atoms with Crippen molar-refractivity contribution in [2.75, 3.05) is 31.2 Å². The van der Waals surface area contributed by atoms with Gasteiger partial charge in [-0.2, -0.15) is 0 Å². The minimum Gasteiger partial charge on any atom is -0.490 e. The molecular formula is C11H18N4O4S. The van der Waals surface area contributed by atoms with Crippen molar-refractivity contribution in [3.63, 3.8) is 0 Å². The molecule has 0 spiro atoms. The number of primary amides is 1. The quantitative estimate of drug-likeness (QED) is 0.369. The first kappa shape index (κ1) is 16.1. The molecule has 0 aromatic heterocycles. The lowest BCUT2D eigenvalue weighted by Crippen LogP contribution is -2.38. The summed E-state index contributed by atoms with van der Waals surface area (Å²) in [4.78, 5) is 10.4. The van der Waals surface area contributed by atoms with Crippen LogP contribution in [0.15, 0.2) is 24.3 Å². The van der Waals surface area contributed by atoms with Gasteiger partial charge in [0.2, 0.25) is 10.0 Å². The van der Waals surface area contributed by atoms with E-state index in [2.05, 4.69) is 10.0 Å². The topological polar surface area (TPSA) is 137 Å². The van der Waals surface area contributed by atoms with E-state index in [1.54, 1.807) is 24.3 Å². The third kappa shape index (κ3) is 6.25. The third-order valence-corrected chi connectivity index (χ3v) is 3.62. The fraction of sp³-hybridized carbons (Fsp3) is 0.364. The average Bonchev–Trinajstić information content (AvgIpc) is 2.37. The number of carbonyl (C=O) groups is 1. The minimum absolute atomic E-state index is 0.0210. The number of amides is 2. The maximum atomic E-state index is 11.6. The highest BCUT2D eigenvalue weighted by Crippen LogP contribution is 2.19. The Kier molecular flexibility index (Phi) is 6.07. The van der Waals surface area contributed by atoms with Gasteiger partial charge in [-0.1, -0.05) is 12.1 Å². The Labute approximate surface area is 117 Å². The predicted octanol–water partition coefficient (Wildman–Crippen LogP) is -0.765. The molecule has 0 radical (unpaired) electrons. The molecule has 0 saturated heterocycles. The first-order chi connectivity index (χ1) is 9.41. The lowest BCUT2D eigenvalue weighted by Gasteiger charge is -2.10. The number of nitrogens with one attached hydrogen (secondary N) is 2. The molecule has 1 rings (SSSR count). The Morgan fingerprint density at radius 1 is 1.25 bits per heavy atom. The van der Waals surface area contributed by atoms with Crippen LogP contribution in [-0.2, 0) is 10.0 Å². The number of hydrogen-bond donors (Lipinski definition) is 4. The summed E-state index contributed by atoms with van der Waals surface area (Å²) in [5.41, 5.74) is 10.9. The zero-order chi connectivity index (χ0) is 15.0. The molecule has 0 aliphatic carbocycles. The van der Waals surface area contributed by atoms with E-state index in [0.717, 1.165) is 0 Å². The van der Waals surface area contributed by atoms with Crippen LogP contribution < -0.4 is 26.2 Å². The monoisotopic (exact) mass is 302 g/mol. The van der Waals surface area contributed by atoms with Crippen molar-refractivity contribution < 1.29 is 17.9 Å². The number of sulfonamides is 1. The number of hydrogen-bond acceptors (Lipinski definition) is 5. The molecule has 0 atom stereocenters. The van der Waals surface area contributed by atoms with Crippen LogP contribution in [0.5, 0.6) is 5.75 Å². The first-order valence-corrected chi connectivity index (χ1v) is 7.54. The number of urea groups is 1. The predicted molar refractivity (Wildman–Crippen MR) is 75.7 cm³/mol. The number of ether oxygens (including phenoxy) is 1. The summed E-state index contributed by atoms with van der Waals surface area (Å²) in [6.07, 6.45) is 0. The molecule has 2 amide bonds. The van der Waals surface area contributed by atoms with Crippen LogP contribution >= 0.6 is 0 Å². The maximum absolute atomic E-state index is 11.6. The molecule has 0 bridgehead atoms. The van der Waals surface area contributed by atoms with Crippen molar-refractivity contribution >= 4 is 21.7 Å². The fourth-order valence-electron chi connectivity index (χ4n) is 1.34. The van der Waals surface area contributed by atoms with Crippen LogP contribution in [0.2, 0.25) is 0 Å². The fourth-order valence-corrected chi connectivity index (χ4v) is 2.20. The Hall–Kier alpha value is -2.00. The highest BCUT2D eigenvalue weighted by Gasteiger charge is 2.10. The van der Waals surface area contributed by atoms with E-state index in [0.29, 0.717) is 11.4 Å². The SMILES string of the molecule is NC(=O)NCCNS(=O)(=O)CCOc1ccccc1N. The Morgan fingerprint density at radius 3 is 2.60 bits per heavy atom. The number of rotatable bonds is 8. The lowest BCUT2D eigenvalue weighted by molar-refractivity contribution is 0.249. The zero-order valence-corrected chi connectivity index (χ0v) is 11.7. The lowest BCUT2D eigenvalue weighted by atomic mass is 10.3. The van der Waals surface area contributed by atoms with Crippen LogP contribution in [0.3, 0.4) is 0 Å². The summed E-state index contributed by atoms with van der Waals surface area (Å²) in [7, 11) is -3.47. The number of carbonyl (C=O) groups excluding carboxylic acids is 1. The first-order valence-electron chi connectivity index (χ1n) is 5.88. The molecule has 0 fully saturated rings. The van der Waals surface area contributed by atoms with Gasteiger partial charge in [-0.25, -0.2) is 17.9 Å². The van der Waals surface area contributed by atoms with Gasteiger partial charge in [0, 0.05) is 13.1 Å². The normalized spacial score (nSPS) is 11.0. The molecule has 6 N–H and O–H groups in total. The van der Waals surface area contributed by atoms with Crippen molar-refractivity contribution in [1.82, 2.24) is 10.0 Å². The van der Waals surface area contributed by atoms with Gasteiger partial charge >= 0.3 is 6.03 Å². The molecule has 112 valence electrons. The standard InChI is InChI=1S/C11H18N4O4S/c12-9-3-1-2-4-10(9)19-7-8-20(17,18)15-6-5-14-11(13)16/h1-4,15H,5-8,12H2,(H3,13,14,16). The summed E-state index contributed by atoms with van der Waals surface area (Å²) in [5.74, 6) is 0.232. The third-order valence-electron chi connectivity index (χ3n) is 2.27. The molecule has 0 unspecified atom stereocenters. The molecule has 9 heteroatoms. The maximum Gasteiger partial charge on any atom is 0.312 e. The summed E-state index contributed by atoms with van der Waals surface area (Å²) in [5, 5.41) is 2.27. The van der Waals surface area contributed by atoms with E-state index < -0.39 is 16.1 Å². The second kappa shape index (κ2) is 7.56. The van der Waals surface area contributed by atoms with E-state index in [-0.39, 0.29) is 25.4 Å². The Balaban J connectivity index is 2.29. The molecule has 8 nitrogen and oxygen atoms in total. The Morgan fingerprint density at radius 2 is 1.95 bits per heavy atom. The summed E-state index contributed by atoms with van der Waals surface area (Å²) in [6.45, 7) is 0.173. The highest BCUT2D eigenvalue weighted by molar-refractivity contribution is 7.89. The van der Waals surface area contributed by atoms with Gasteiger partial charge in [-0.3, -0.25) is 0 Å². The Bertz CT molecular complexity index is 547. The summed E-state index contributed by atoms with van der Waals surface area (Å²) < 4.78 is 30.8. The molecule has 0 heterocycles. The van der Waals surface area contributed by atoms with Gasteiger partial charge in [-0.05, 0) is 12.1 Å². The molecule has 0 saturated carbocycles. The van der Waals surface area contributed by atoms with Crippen molar-refractivity contribution in [2.45, 2.75) is 0 Å². The number of para-hydroxylation sites is 2. The van der Waals surface area contributed by atoms with Gasteiger partial charge in [0.15, 0.2) is 0 Å². The van der Waals surface area contributed by atoms with Gasteiger partial charge in [0.25, 0.3) is 0 Å². The van der Waals surface area contributed by atoms with Crippen LogP contribution in [0.25, 0.3) is 0 Å². The highest BCUT2D eigenvalue weighted by atomic mass is 32.2. The van der Waals surface area contributed by atoms with Crippen molar-refractivity contribution in [3.05, 3.63) is 24.3 Å². The number of nitrogen functional groups attached to an aromatic ring is 1. The van der Waals surface area contributed by atoms with E-state index in [1.807, 2.05) is 0 Å². The number of benzene rings is 1. The molecular weight excluding hydrogens is 284 g/mol. The number of anilines is 1. The minimum atomic E-state index is -3.47. The van der Waals surface area contributed by atoms with Gasteiger partial charge in [-0.15, -0.1) is 0 Å². The smallest absolute Gasteiger partial charge is 0.312 e. The molecule has 1 aromatic carbocycles. The van der Waals surface area contributed by atoms with Crippen LogP contribution in [0, 0.1) is 0 Å². The van der Waals surface area contributed by atoms with Crippen LogP contribution in [0.4, 0.5) is 10.5 Å². The van der Waals surface area contributed by atoms with Crippen molar-refractivity contribution in [3.8, 4) is 5.75 Å². The van der Waals surface area contributed by atoms with E-state index in [4.69, 9.17) is 16.2 Å². The molecule has 1 aromatic rings. The van der Waals surface area contributed by atoms with Gasteiger partial charge in [0.05, 0.1) is 11.4 Å².